The highest BCUT2D eigenvalue weighted by Gasteiger charge is 2.30. The van der Waals surface area contributed by atoms with E-state index in [1.165, 1.54) is 11.6 Å². The van der Waals surface area contributed by atoms with E-state index in [1.54, 1.807) is 20.9 Å². The first-order valence-electron chi connectivity index (χ1n) is 7.69. The molecule has 1 fully saturated rings. The summed E-state index contributed by atoms with van der Waals surface area (Å²) in [6, 6.07) is -0.948. The third-order valence-electron chi connectivity index (χ3n) is 4.18. The lowest BCUT2D eigenvalue weighted by Crippen LogP contribution is -2.48. The van der Waals surface area contributed by atoms with Crippen LogP contribution in [0.5, 0.6) is 0 Å². The summed E-state index contributed by atoms with van der Waals surface area (Å²) in [7, 11) is -2.14. The molecule has 10 heteroatoms. The number of nitrogens with zero attached hydrogens (tertiary/aromatic N) is 2. The second-order valence-electron chi connectivity index (χ2n) is 6.21. The van der Waals surface area contributed by atoms with Gasteiger partial charge >= 0.3 is 0 Å². The van der Waals surface area contributed by atoms with Crippen molar-refractivity contribution in [1.82, 2.24) is 19.8 Å². The Labute approximate surface area is 149 Å². The van der Waals surface area contributed by atoms with Crippen LogP contribution in [0.25, 0.3) is 0 Å². The number of carbonyl (C=O) groups excluding carboxylic acids is 1. The molecular formula is C14H26ClN5O3S. The van der Waals surface area contributed by atoms with E-state index in [-0.39, 0.29) is 29.3 Å². The number of amides is 1. The molecular weight excluding hydrogens is 354 g/mol. The molecule has 2 rings (SSSR count). The molecule has 1 aromatic rings. The van der Waals surface area contributed by atoms with Gasteiger partial charge in [-0.1, -0.05) is 0 Å². The standard InChI is InChI=1S/C14H25N5O3S.ClH/c1-8-13(10(3)19(4)17-8)23(21,22)18-9(2)14(20)16-7-12(15)11-5-6-11;/h9,11-12,18H,5-7,15H2,1-4H3,(H,16,20);1H. The van der Waals surface area contributed by atoms with Crippen molar-refractivity contribution in [2.45, 2.75) is 50.6 Å². The fourth-order valence-electron chi connectivity index (χ4n) is 2.55. The van der Waals surface area contributed by atoms with E-state index in [0.717, 1.165) is 12.8 Å². The predicted molar refractivity (Wildman–Crippen MR) is 93.4 cm³/mol. The highest BCUT2D eigenvalue weighted by atomic mass is 35.5. The summed E-state index contributed by atoms with van der Waals surface area (Å²) in [4.78, 5) is 12.2. The molecule has 1 aromatic heterocycles. The van der Waals surface area contributed by atoms with Crippen molar-refractivity contribution >= 4 is 28.3 Å². The molecule has 1 heterocycles. The van der Waals surface area contributed by atoms with E-state index in [9.17, 15) is 13.2 Å². The van der Waals surface area contributed by atoms with Crippen molar-refractivity contribution in [2.75, 3.05) is 6.54 Å². The molecule has 0 bridgehead atoms. The number of rotatable bonds is 7. The first-order chi connectivity index (χ1) is 10.6. The van der Waals surface area contributed by atoms with Crippen LogP contribution >= 0.6 is 12.4 Å². The molecule has 1 aliphatic carbocycles. The Morgan fingerprint density at radius 1 is 1.42 bits per heavy atom. The van der Waals surface area contributed by atoms with E-state index in [0.29, 0.717) is 23.9 Å². The normalized spacial score (nSPS) is 17.0. The van der Waals surface area contributed by atoms with Crippen LogP contribution in [0.15, 0.2) is 4.90 Å². The van der Waals surface area contributed by atoms with Crippen LogP contribution in [-0.2, 0) is 21.9 Å². The summed E-state index contributed by atoms with van der Waals surface area (Å²) in [6.07, 6.45) is 2.19. The number of nitrogens with two attached hydrogens (primary N) is 1. The summed E-state index contributed by atoms with van der Waals surface area (Å²) in [5.74, 6) is 0.0897. The Morgan fingerprint density at radius 3 is 2.46 bits per heavy atom. The zero-order valence-electron chi connectivity index (χ0n) is 14.4. The molecule has 1 aliphatic rings. The Hall–Kier alpha value is -1.16. The molecule has 0 saturated heterocycles. The number of aromatic nitrogens is 2. The first-order valence-corrected chi connectivity index (χ1v) is 9.17. The van der Waals surface area contributed by atoms with Gasteiger partial charge in [-0.2, -0.15) is 9.82 Å². The minimum absolute atomic E-state index is 0. The van der Waals surface area contributed by atoms with Crippen molar-refractivity contribution in [2.24, 2.45) is 18.7 Å². The Balaban J connectivity index is 0.00000288. The van der Waals surface area contributed by atoms with Crippen LogP contribution in [-0.4, -0.2) is 42.7 Å². The van der Waals surface area contributed by atoms with Crippen molar-refractivity contribution < 1.29 is 13.2 Å². The Bertz CT molecular complexity index is 700. The number of sulfonamides is 1. The highest BCUT2D eigenvalue weighted by Crippen LogP contribution is 2.31. The highest BCUT2D eigenvalue weighted by molar-refractivity contribution is 7.89. The number of aryl methyl sites for hydroxylation is 2. The molecule has 2 unspecified atom stereocenters. The lowest BCUT2D eigenvalue weighted by molar-refractivity contribution is -0.122. The summed E-state index contributed by atoms with van der Waals surface area (Å²) in [5, 5.41) is 6.80. The lowest BCUT2D eigenvalue weighted by Gasteiger charge is -2.17. The van der Waals surface area contributed by atoms with Gasteiger partial charge in [0.2, 0.25) is 15.9 Å². The zero-order valence-corrected chi connectivity index (χ0v) is 16.0. The van der Waals surface area contributed by atoms with Crippen molar-refractivity contribution in [1.29, 1.82) is 0 Å². The van der Waals surface area contributed by atoms with E-state index < -0.39 is 16.1 Å². The van der Waals surface area contributed by atoms with Crippen LogP contribution in [0, 0.1) is 19.8 Å². The van der Waals surface area contributed by atoms with Gasteiger partial charge in [-0.05, 0) is 39.5 Å². The Morgan fingerprint density at radius 2 is 2.00 bits per heavy atom. The maximum atomic E-state index is 12.5. The molecule has 24 heavy (non-hydrogen) atoms. The van der Waals surface area contributed by atoms with Gasteiger partial charge in [0, 0.05) is 19.6 Å². The van der Waals surface area contributed by atoms with E-state index in [2.05, 4.69) is 15.1 Å². The van der Waals surface area contributed by atoms with Gasteiger partial charge in [0.05, 0.1) is 17.4 Å². The third-order valence-corrected chi connectivity index (χ3v) is 5.97. The van der Waals surface area contributed by atoms with Crippen molar-refractivity contribution in [3.8, 4) is 0 Å². The predicted octanol–water partition coefficient (Wildman–Crippen LogP) is -0.0210. The van der Waals surface area contributed by atoms with Gasteiger partial charge in [-0.15, -0.1) is 12.4 Å². The molecule has 2 atom stereocenters. The minimum atomic E-state index is -3.81. The number of hydrogen-bond donors (Lipinski definition) is 3. The number of carbonyl (C=O) groups is 1. The molecule has 4 N–H and O–H groups in total. The average Bonchev–Trinajstić information content (AvgIpc) is 3.24. The van der Waals surface area contributed by atoms with Crippen LogP contribution in [0.1, 0.15) is 31.2 Å². The quantitative estimate of drug-likeness (QED) is 0.615. The molecule has 1 saturated carbocycles. The maximum absolute atomic E-state index is 12.5. The molecule has 8 nitrogen and oxygen atoms in total. The number of hydrogen-bond acceptors (Lipinski definition) is 5. The van der Waals surface area contributed by atoms with E-state index >= 15 is 0 Å². The minimum Gasteiger partial charge on any atom is -0.353 e. The SMILES string of the molecule is Cc1nn(C)c(C)c1S(=O)(=O)NC(C)C(=O)NCC(N)C1CC1.Cl. The summed E-state index contributed by atoms with van der Waals surface area (Å²) < 4.78 is 28.9. The van der Waals surface area contributed by atoms with Crippen LogP contribution in [0.3, 0.4) is 0 Å². The average molecular weight is 380 g/mol. The number of halogens is 1. The number of nitrogens with one attached hydrogen (secondary N) is 2. The van der Waals surface area contributed by atoms with Gasteiger partial charge in [0.15, 0.2) is 0 Å². The zero-order chi connectivity index (χ0) is 17.4. The summed E-state index contributed by atoms with van der Waals surface area (Å²) in [6.45, 7) is 5.17. The van der Waals surface area contributed by atoms with E-state index in [4.69, 9.17) is 5.73 Å². The summed E-state index contributed by atoms with van der Waals surface area (Å²) >= 11 is 0. The molecule has 0 spiro atoms. The Kier molecular flexibility index (Phi) is 6.80. The lowest BCUT2D eigenvalue weighted by atomic mass is 10.2. The van der Waals surface area contributed by atoms with Crippen LogP contribution < -0.4 is 15.8 Å². The second kappa shape index (κ2) is 7.81. The second-order valence-corrected chi connectivity index (χ2v) is 7.86. The van der Waals surface area contributed by atoms with Gasteiger partial charge in [0.25, 0.3) is 0 Å². The van der Waals surface area contributed by atoms with Gasteiger partial charge in [0.1, 0.15) is 4.90 Å². The fourth-order valence-corrected chi connectivity index (χ4v) is 4.19. The largest absolute Gasteiger partial charge is 0.353 e. The van der Waals surface area contributed by atoms with Gasteiger partial charge in [-0.3, -0.25) is 9.48 Å². The molecule has 0 radical (unpaired) electrons. The monoisotopic (exact) mass is 379 g/mol. The van der Waals surface area contributed by atoms with Crippen molar-refractivity contribution in [3.63, 3.8) is 0 Å². The van der Waals surface area contributed by atoms with Crippen LogP contribution in [0.4, 0.5) is 0 Å². The third kappa shape index (κ3) is 4.69. The molecule has 0 aliphatic heterocycles. The molecule has 138 valence electrons. The van der Waals surface area contributed by atoms with Crippen molar-refractivity contribution in [3.05, 3.63) is 11.4 Å². The smallest absolute Gasteiger partial charge is 0.244 e. The fraction of sp³-hybridized carbons (Fsp3) is 0.714. The molecule has 0 aromatic carbocycles. The van der Waals surface area contributed by atoms with Gasteiger partial charge < -0.3 is 11.1 Å². The van der Waals surface area contributed by atoms with E-state index in [1.807, 2.05) is 0 Å². The topological polar surface area (TPSA) is 119 Å². The molecule has 1 amide bonds. The van der Waals surface area contributed by atoms with Crippen LogP contribution in [0.2, 0.25) is 0 Å². The first kappa shape index (κ1) is 20.9. The maximum Gasteiger partial charge on any atom is 0.244 e. The summed E-state index contributed by atoms with van der Waals surface area (Å²) in [5.41, 5.74) is 6.85. The van der Waals surface area contributed by atoms with Gasteiger partial charge in [-0.25, -0.2) is 8.42 Å².